The lowest BCUT2D eigenvalue weighted by atomic mass is 10.2. The molecule has 0 radical (unpaired) electrons. The second-order valence-electron chi connectivity index (χ2n) is 1.52. The highest BCUT2D eigenvalue weighted by Crippen LogP contribution is 2.03. The molecule has 1 rings (SSSR count). The zero-order valence-corrected chi connectivity index (χ0v) is 4.74. The SMILES string of the molecule is N#CC=C1C=COC=C1. The van der Waals surface area contributed by atoms with E-state index in [2.05, 4.69) is 0 Å². The van der Waals surface area contributed by atoms with Crippen molar-refractivity contribution in [1.29, 1.82) is 5.26 Å². The number of nitrogens with zero attached hydrogens (tertiary/aromatic N) is 1. The van der Waals surface area contributed by atoms with Crippen molar-refractivity contribution in [2.45, 2.75) is 0 Å². The lowest BCUT2D eigenvalue weighted by Gasteiger charge is -1.96. The number of hydrogen-bond donors (Lipinski definition) is 0. The van der Waals surface area contributed by atoms with Crippen molar-refractivity contribution in [1.82, 2.24) is 0 Å². The molecule has 0 unspecified atom stereocenters. The average molecular weight is 119 g/mol. The molecule has 0 N–H and O–H groups in total. The molecule has 0 atom stereocenters. The molecule has 0 bridgehead atoms. The van der Waals surface area contributed by atoms with Gasteiger partial charge >= 0.3 is 0 Å². The quantitative estimate of drug-likeness (QED) is 0.452. The Hall–Kier alpha value is -1.49. The Morgan fingerprint density at radius 2 is 2.11 bits per heavy atom. The molecule has 0 aromatic rings. The highest BCUT2D eigenvalue weighted by molar-refractivity contribution is 5.34. The van der Waals surface area contributed by atoms with Gasteiger partial charge in [0.15, 0.2) is 0 Å². The molecule has 9 heavy (non-hydrogen) atoms. The first-order valence-corrected chi connectivity index (χ1v) is 2.52. The van der Waals surface area contributed by atoms with Crippen molar-refractivity contribution >= 4 is 0 Å². The maximum absolute atomic E-state index is 8.18. The molecule has 1 aliphatic rings. The lowest BCUT2D eigenvalue weighted by Crippen LogP contribution is -1.78. The Bertz CT molecular complexity index is 204. The molecule has 0 fully saturated rings. The van der Waals surface area contributed by atoms with E-state index in [1.54, 1.807) is 12.2 Å². The third-order valence-corrected chi connectivity index (χ3v) is 0.909. The molecular weight excluding hydrogens is 114 g/mol. The van der Waals surface area contributed by atoms with Crippen LogP contribution in [0, 0.1) is 11.3 Å². The Balaban J connectivity index is 2.73. The maximum Gasteiger partial charge on any atom is 0.0918 e. The van der Waals surface area contributed by atoms with Crippen LogP contribution in [0.4, 0.5) is 0 Å². The first kappa shape index (κ1) is 5.64. The van der Waals surface area contributed by atoms with Gasteiger partial charge in [-0.15, -0.1) is 0 Å². The number of rotatable bonds is 0. The van der Waals surface area contributed by atoms with Crippen molar-refractivity contribution in [2.75, 3.05) is 0 Å². The van der Waals surface area contributed by atoms with Gasteiger partial charge in [0, 0.05) is 6.08 Å². The fourth-order valence-electron chi connectivity index (χ4n) is 0.507. The van der Waals surface area contributed by atoms with Crippen molar-refractivity contribution < 1.29 is 4.74 Å². The molecule has 0 saturated heterocycles. The van der Waals surface area contributed by atoms with Crippen molar-refractivity contribution in [3.8, 4) is 6.07 Å². The highest BCUT2D eigenvalue weighted by atomic mass is 16.5. The van der Waals surface area contributed by atoms with Crippen LogP contribution in [0.2, 0.25) is 0 Å². The summed E-state index contributed by atoms with van der Waals surface area (Å²) >= 11 is 0. The van der Waals surface area contributed by atoms with E-state index in [-0.39, 0.29) is 0 Å². The van der Waals surface area contributed by atoms with E-state index < -0.39 is 0 Å². The van der Waals surface area contributed by atoms with E-state index in [1.807, 2.05) is 6.07 Å². The zero-order valence-electron chi connectivity index (χ0n) is 4.74. The van der Waals surface area contributed by atoms with Gasteiger partial charge in [-0.3, -0.25) is 0 Å². The van der Waals surface area contributed by atoms with Crippen molar-refractivity contribution in [3.05, 3.63) is 36.3 Å². The molecule has 44 valence electrons. The van der Waals surface area contributed by atoms with Crippen LogP contribution in [0.1, 0.15) is 0 Å². The van der Waals surface area contributed by atoms with Crippen LogP contribution in [0.25, 0.3) is 0 Å². The summed E-state index contributed by atoms with van der Waals surface area (Å²) in [5, 5.41) is 8.18. The molecule has 0 amide bonds. The molecule has 2 nitrogen and oxygen atoms in total. The summed E-state index contributed by atoms with van der Waals surface area (Å²) in [5.74, 6) is 0. The number of ether oxygens (including phenoxy) is 1. The number of allylic oxidation sites excluding steroid dienone is 4. The summed E-state index contributed by atoms with van der Waals surface area (Å²) in [4.78, 5) is 0. The maximum atomic E-state index is 8.18. The molecule has 2 heteroatoms. The number of nitriles is 1. The van der Waals surface area contributed by atoms with E-state index in [0.29, 0.717) is 0 Å². The predicted molar refractivity (Wildman–Crippen MR) is 33.1 cm³/mol. The summed E-state index contributed by atoms with van der Waals surface area (Å²) in [6.07, 6.45) is 7.97. The minimum absolute atomic E-state index is 0.865. The fraction of sp³-hybridized carbons (Fsp3) is 0. The van der Waals surface area contributed by atoms with Gasteiger partial charge in [0.2, 0.25) is 0 Å². The van der Waals surface area contributed by atoms with Gasteiger partial charge in [0.05, 0.1) is 18.6 Å². The van der Waals surface area contributed by atoms with Crippen molar-refractivity contribution in [3.63, 3.8) is 0 Å². The Morgan fingerprint density at radius 1 is 1.44 bits per heavy atom. The summed E-state index contributed by atoms with van der Waals surface area (Å²) < 4.78 is 4.73. The van der Waals surface area contributed by atoms with Crippen LogP contribution in [0.15, 0.2) is 36.3 Å². The lowest BCUT2D eigenvalue weighted by molar-refractivity contribution is 0.398. The Morgan fingerprint density at radius 3 is 2.67 bits per heavy atom. The first-order valence-electron chi connectivity index (χ1n) is 2.52. The standard InChI is InChI=1S/C7H5NO/c8-4-1-7-2-5-9-6-3-7/h1-3,5-6H. The van der Waals surface area contributed by atoms with E-state index in [0.717, 1.165) is 5.57 Å². The summed E-state index contributed by atoms with van der Waals surface area (Å²) in [6, 6.07) is 1.92. The third kappa shape index (κ3) is 1.46. The summed E-state index contributed by atoms with van der Waals surface area (Å²) in [5.41, 5.74) is 0.865. The monoisotopic (exact) mass is 119 g/mol. The first-order chi connectivity index (χ1) is 4.43. The molecule has 1 heterocycles. The van der Waals surface area contributed by atoms with Crippen LogP contribution < -0.4 is 0 Å². The molecule has 0 spiro atoms. The highest BCUT2D eigenvalue weighted by Gasteiger charge is 1.88. The molecule has 0 aliphatic carbocycles. The topological polar surface area (TPSA) is 33.0 Å². The van der Waals surface area contributed by atoms with E-state index in [4.69, 9.17) is 10.00 Å². The van der Waals surface area contributed by atoms with Crippen LogP contribution in [-0.2, 0) is 4.74 Å². The number of hydrogen-bond acceptors (Lipinski definition) is 2. The average Bonchev–Trinajstić information content (AvgIpc) is 1.91. The minimum atomic E-state index is 0.865. The second-order valence-corrected chi connectivity index (χ2v) is 1.52. The summed E-state index contributed by atoms with van der Waals surface area (Å²) in [7, 11) is 0. The van der Waals surface area contributed by atoms with Gasteiger partial charge < -0.3 is 4.74 Å². The van der Waals surface area contributed by atoms with Crippen LogP contribution in [0.5, 0.6) is 0 Å². The Kier molecular flexibility index (Phi) is 1.71. The van der Waals surface area contributed by atoms with Gasteiger partial charge in [0.25, 0.3) is 0 Å². The normalized spacial score (nSPS) is 14.3. The summed E-state index contributed by atoms with van der Waals surface area (Å²) in [6.45, 7) is 0. The minimum Gasteiger partial charge on any atom is -0.473 e. The van der Waals surface area contributed by atoms with E-state index >= 15 is 0 Å². The van der Waals surface area contributed by atoms with Crippen molar-refractivity contribution in [2.24, 2.45) is 0 Å². The zero-order chi connectivity index (χ0) is 6.53. The van der Waals surface area contributed by atoms with Gasteiger partial charge in [-0.1, -0.05) is 0 Å². The van der Waals surface area contributed by atoms with Gasteiger partial charge in [-0.2, -0.15) is 5.26 Å². The molecular formula is C7H5NO. The van der Waals surface area contributed by atoms with Crippen LogP contribution in [0.3, 0.4) is 0 Å². The predicted octanol–water partition coefficient (Wildman–Crippen LogP) is 1.49. The van der Waals surface area contributed by atoms with E-state index in [9.17, 15) is 0 Å². The van der Waals surface area contributed by atoms with Crippen LogP contribution in [-0.4, -0.2) is 0 Å². The second kappa shape index (κ2) is 2.73. The van der Waals surface area contributed by atoms with Gasteiger partial charge in [-0.05, 0) is 17.7 Å². The van der Waals surface area contributed by atoms with Crippen LogP contribution >= 0.6 is 0 Å². The molecule has 0 aromatic heterocycles. The molecule has 0 aromatic carbocycles. The largest absolute Gasteiger partial charge is 0.473 e. The molecule has 1 aliphatic heterocycles. The molecule has 0 saturated carbocycles. The fourth-order valence-corrected chi connectivity index (χ4v) is 0.507. The Labute approximate surface area is 53.4 Å². The smallest absolute Gasteiger partial charge is 0.0918 e. The van der Waals surface area contributed by atoms with Gasteiger partial charge in [-0.25, -0.2) is 0 Å². The van der Waals surface area contributed by atoms with E-state index in [1.165, 1.54) is 18.6 Å². The van der Waals surface area contributed by atoms with Gasteiger partial charge in [0.1, 0.15) is 0 Å². The third-order valence-electron chi connectivity index (χ3n) is 0.909.